The van der Waals surface area contributed by atoms with E-state index in [1.165, 1.54) is 11.1 Å². The van der Waals surface area contributed by atoms with Crippen molar-refractivity contribution in [3.63, 3.8) is 0 Å². The predicted octanol–water partition coefficient (Wildman–Crippen LogP) is 7.35. The van der Waals surface area contributed by atoms with Gasteiger partial charge in [0.15, 0.2) is 0 Å². The molecule has 0 amide bonds. The number of halogens is 2. The Morgan fingerprint density at radius 2 is 1.53 bits per heavy atom. The van der Waals surface area contributed by atoms with Crippen LogP contribution in [0, 0.1) is 30.7 Å². The Balaban J connectivity index is 0.000000188. The molecule has 0 N–H and O–H groups in total. The zero-order chi connectivity index (χ0) is 23.0. The first-order valence-corrected chi connectivity index (χ1v) is 10.4. The van der Waals surface area contributed by atoms with Crippen LogP contribution in [0.25, 0.3) is 33.6 Å². The van der Waals surface area contributed by atoms with Gasteiger partial charge in [0.2, 0.25) is 0 Å². The zero-order valence-corrected chi connectivity index (χ0v) is 20.7. The van der Waals surface area contributed by atoms with Crippen molar-refractivity contribution in [2.24, 2.45) is 0 Å². The maximum atomic E-state index is 13.3. The van der Waals surface area contributed by atoms with Crippen LogP contribution in [0.3, 0.4) is 0 Å². The summed E-state index contributed by atoms with van der Waals surface area (Å²) < 4.78 is 26.2. The molecule has 0 atom stereocenters. The molecular formula is C29H20F2IrN2-2. The molecule has 1 radical (unpaired) electrons. The SMILES string of the molecule is Cc1ccc(-c2[c-]c(F)ccc2F)nc1.[Ir].[c-]1ccccc1-c1cc(-c2ccccc2)ccn1. The fraction of sp³-hybridized carbons (Fsp3) is 0.0345. The Labute approximate surface area is 211 Å². The van der Waals surface area contributed by atoms with Crippen molar-refractivity contribution in [1.82, 2.24) is 9.97 Å². The van der Waals surface area contributed by atoms with Gasteiger partial charge in [-0.1, -0.05) is 54.1 Å². The third-order valence-corrected chi connectivity index (χ3v) is 4.88. The van der Waals surface area contributed by atoms with Crippen LogP contribution in [-0.4, -0.2) is 9.97 Å². The van der Waals surface area contributed by atoms with E-state index in [-0.39, 0.29) is 25.7 Å². The van der Waals surface area contributed by atoms with Crippen LogP contribution >= 0.6 is 0 Å². The molecule has 5 heteroatoms. The number of nitrogens with zero attached hydrogens (tertiary/aromatic N) is 2. The number of aryl methyl sites for hydroxylation is 1. The van der Waals surface area contributed by atoms with E-state index >= 15 is 0 Å². The van der Waals surface area contributed by atoms with Crippen LogP contribution in [0.2, 0.25) is 0 Å². The molecule has 0 fully saturated rings. The third kappa shape index (κ3) is 6.50. The van der Waals surface area contributed by atoms with Gasteiger partial charge >= 0.3 is 0 Å². The summed E-state index contributed by atoms with van der Waals surface area (Å²) in [6.45, 7) is 1.88. The van der Waals surface area contributed by atoms with Crippen molar-refractivity contribution < 1.29 is 28.9 Å². The summed E-state index contributed by atoms with van der Waals surface area (Å²) in [6.07, 6.45) is 3.45. The van der Waals surface area contributed by atoms with Crippen molar-refractivity contribution in [2.75, 3.05) is 0 Å². The van der Waals surface area contributed by atoms with Crippen molar-refractivity contribution in [3.8, 4) is 33.6 Å². The van der Waals surface area contributed by atoms with Crippen molar-refractivity contribution in [3.05, 3.63) is 133 Å². The zero-order valence-electron chi connectivity index (χ0n) is 18.3. The van der Waals surface area contributed by atoms with Crippen molar-refractivity contribution in [1.29, 1.82) is 0 Å². The molecule has 0 bridgehead atoms. The van der Waals surface area contributed by atoms with Crippen LogP contribution in [0.4, 0.5) is 8.78 Å². The van der Waals surface area contributed by atoms with Crippen molar-refractivity contribution >= 4 is 0 Å². The molecular weight excluding hydrogens is 607 g/mol. The molecule has 0 aliphatic rings. The van der Waals surface area contributed by atoms with Gasteiger partial charge in [-0.2, -0.15) is 0 Å². The second-order valence-electron chi connectivity index (χ2n) is 7.32. The average Bonchev–Trinajstić information content (AvgIpc) is 2.88. The van der Waals surface area contributed by atoms with Crippen LogP contribution in [0.5, 0.6) is 0 Å². The maximum absolute atomic E-state index is 13.3. The summed E-state index contributed by atoms with van der Waals surface area (Å²) >= 11 is 0. The van der Waals surface area contributed by atoms with E-state index < -0.39 is 11.6 Å². The first-order valence-electron chi connectivity index (χ1n) is 10.4. The van der Waals surface area contributed by atoms with E-state index in [1.54, 1.807) is 18.3 Å². The number of pyridine rings is 2. The smallest absolute Gasteiger partial charge is 0.0407 e. The van der Waals surface area contributed by atoms with E-state index in [0.29, 0.717) is 5.69 Å². The summed E-state index contributed by atoms with van der Waals surface area (Å²) in [5, 5.41) is 0. The molecule has 5 aromatic rings. The summed E-state index contributed by atoms with van der Waals surface area (Å²) in [5.41, 5.74) is 5.78. The summed E-state index contributed by atoms with van der Waals surface area (Å²) in [7, 11) is 0. The van der Waals surface area contributed by atoms with Gasteiger partial charge in [-0.05, 0) is 41.1 Å². The molecule has 0 aliphatic carbocycles. The summed E-state index contributed by atoms with van der Waals surface area (Å²) in [6, 6.07) is 33.4. The Bertz CT molecular complexity index is 1270. The molecule has 2 heterocycles. The molecule has 3 aromatic carbocycles. The minimum absolute atomic E-state index is 0. The molecule has 0 saturated carbocycles. The van der Waals surface area contributed by atoms with Crippen LogP contribution in [-0.2, 0) is 20.1 Å². The predicted molar refractivity (Wildman–Crippen MR) is 127 cm³/mol. The molecule has 171 valence electrons. The van der Waals surface area contributed by atoms with Gasteiger partial charge < -0.3 is 9.97 Å². The second-order valence-corrected chi connectivity index (χ2v) is 7.32. The molecule has 0 saturated heterocycles. The van der Waals surface area contributed by atoms with Gasteiger partial charge in [-0.15, -0.1) is 54.1 Å². The van der Waals surface area contributed by atoms with Crippen LogP contribution in [0.15, 0.2) is 103 Å². The molecule has 2 aromatic heterocycles. The number of aromatic nitrogens is 2. The summed E-state index contributed by atoms with van der Waals surface area (Å²) in [5.74, 6) is -1.11. The van der Waals surface area contributed by atoms with E-state index in [4.69, 9.17) is 0 Å². The monoisotopic (exact) mass is 627 g/mol. The number of benzene rings is 3. The fourth-order valence-electron chi connectivity index (χ4n) is 3.19. The molecule has 5 rings (SSSR count). The van der Waals surface area contributed by atoms with Crippen molar-refractivity contribution in [2.45, 2.75) is 6.92 Å². The third-order valence-electron chi connectivity index (χ3n) is 4.88. The molecule has 0 aliphatic heterocycles. The molecule has 0 spiro atoms. The van der Waals surface area contributed by atoms with E-state index in [2.05, 4.69) is 40.3 Å². The first-order chi connectivity index (χ1) is 16.1. The minimum atomic E-state index is -0.589. The van der Waals surface area contributed by atoms with E-state index in [0.717, 1.165) is 29.0 Å². The van der Waals surface area contributed by atoms with Gasteiger partial charge in [0.25, 0.3) is 0 Å². The minimum Gasteiger partial charge on any atom is -0.305 e. The van der Waals surface area contributed by atoms with Gasteiger partial charge in [0, 0.05) is 44.1 Å². The quantitative estimate of drug-likeness (QED) is 0.196. The summed E-state index contributed by atoms with van der Waals surface area (Å²) in [4.78, 5) is 8.42. The second kappa shape index (κ2) is 12.1. The average molecular weight is 627 g/mol. The molecule has 0 unspecified atom stereocenters. The normalized spacial score (nSPS) is 9.97. The van der Waals surface area contributed by atoms with Gasteiger partial charge in [0.1, 0.15) is 0 Å². The Morgan fingerprint density at radius 3 is 2.24 bits per heavy atom. The van der Waals surface area contributed by atoms with E-state index in [9.17, 15) is 8.78 Å². The Hall–Kier alpha value is -3.53. The topological polar surface area (TPSA) is 25.8 Å². The van der Waals surface area contributed by atoms with Gasteiger partial charge in [-0.3, -0.25) is 4.39 Å². The Kier molecular flexibility index (Phi) is 8.92. The first kappa shape index (κ1) is 25.1. The number of hydrogen-bond donors (Lipinski definition) is 0. The maximum Gasteiger partial charge on any atom is 0.0407 e. The van der Waals surface area contributed by atoms with Gasteiger partial charge in [-0.25, -0.2) is 4.39 Å². The van der Waals surface area contributed by atoms with Crippen LogP contribution < -0.4 is 0 Å². The van der Waals surface area contributed by atoms with Crippen LogP contribution in [0.1, 0.15) is 5.56 Å². The Morgan fingerprint density at radius 1 is 0.735 bits per heavy atom. The molecule has 2 nitrogen and oxygen atoms in total. The number of rotatable bonds is 3. The molecule has 34 heavy (non-hydrogen) atoms. The standard InChI is InChI=1S/C17H12N.C12H8F2N.Ir/c1-3-7-14(8-4-1)16-11-12-18-17(13-16)15-9-5-2-6-10-15;1-8-2-5-12(15-7-8)10-6-9(13)3-4-11(10)14;/h1-9,11-13H;2-5,7H,1H3;/q2*-1;. The van der Waals surface area contributed by atoms with E-state index in [1.807, 2.05) is 61.7 Å². The largest absolute Gasteiger partial charge is 0.305 e. The fourth-order valence-corrected chi connectivity index (χ4v) is 3.19. The van der Waals surface area contributed by atoms with Gasteiger partial charge in [0.05, 0.1) is 0 Å². The number of hydrogen-bond acceptors (Lipinski definition) is 2.